The second kappa shape index (κ2) is 6.83. The van der Waals surface area contributed by atoms with Crippen molar-refractivity contribution in [2.75, 3.05) is 0 Å². The predicted octanol–water partition coefficient (Wildman–Crippen LogP) is 1.75. The van der Waals surface area contributed by atoms with Crippen molar-refractivity contribution in [3.05, 3.63) is 28.8 Å². The number of carbonyl (C=O) groups is 1. The molecule has 20 heavy (non-hydrogen) atoms. The number of hydrogen-bond acceptors (Lipinski definition) is 4. The van der Waals surface area contributed by atoms with Gasteiger partial charge in [-0.25, -0.2) is 19.0 Å². The minimum atomic E-state index is -3.98. The fourth-order valence-electron chi connectivity index (χ4n) is 1.29. The highest BCUT2D eigenvalue weighted by atomic mass is 35.5. The summed E-state index contributed by atoms with van der Waals surface area (Å²) < 4.78 is 22.6. The zero-order valence-corrected chi connectivity index (χ0v) is 12.7. The number of primary sulfonamides is 1. The first-order chi connectivity index (χ1) is 9.21. The predicted molar refractivity (Wildman–Crippen MR) is 78.2 cm³/mol. The van der Waals surface area contributed by atoms with Gasteiger partial charge < -0.3 is 0 Å². The molecule has 1 aromatic rings. The number of rotatable bonds is 5. The first kappa shape index (κ1) is 16.6. The lowest BCUT2D eigenvalue weighted by atomic mass is 10.2. The third kappa shape index (κ3) is 4.92. The SMILES string of the molecule is CC(C)C/C=N/NC(=O)c1ccc(Cl)c(S(N)(=O)=O)c1. The number of benzene rings is 1. The van der Waals surface area contributed by atoms with Gasteiger partial charge in [0, 0.05) is 11.8 Å². The average Bonchev–Trinajstić information content (AvgIpc) is 2.33. The molecule has 0 fully saturated rings. The van der Waals surface area contributed by atoms with Crippen molar-refractivity contribution < 1.29 is 13.2 Å². The van der Waals surface area contributed by atoms with Crippen molar-refractivity contribution >= 4 is 33.7 Å². The Morgan fingerprint density at radius 3 is 2.70 bits per heavy atom. The summed E-state index contributed by atoms with van der Waals surface area (Å²) >= 11 is 5.73. The van der Waals surface area contributed by atoms with E-state index in [9.17, 15) is 13.2 Å². The highest BCUT2D eigenvalue weighted by Gasteiger charge is 2.16. The van der Waals surface area contributed by atoms with E-state index in [2.05, 4.69) is 10.5 Å². The number of nitrogens with two attached hydrogens (primary N) is 1. The molecule has 6 nitrogen and oxygen atoms in total. The van der Waals surface area contributed by atoms with Gasteiger partial charge in [0.25, 0.3) is 5.91 Å². The van der Waals surface area contributed by atoms with E-state index in [1.165, 1.54) is 12.1 Å². The molecule has 0 unspecified atom stereocenters. The zero-order chi connectivity index (χ0) is 15.3. The van der Waals surface area contributed by atoms with E-state index >= 15 is 0 Å². The van der Waals surface area contributed by atoms with Gasteiger partial charge in [0.15, 0.2) is 0 Å². The van der Waals surface area contributed by atoms with Crippen LogP contribution in [0.3, 0.4) is 0 Å². The summed E-state index contributed by atoms with van der Waals surface area (Å²) in [5.41, 5.74) is 2.42. The Morgan fingerprint density at radius 2 is 2.15 bits per heavy atom. The highest BCUT2D eigenvalue weighted by Crippen LogP contribution is 2.21. The minimum absolute atomic E-state index is 0.0349. The monoisotopic (exact) mass is 317 g/mol. The first-order valence-electron chi connectivity index (χ1n) is 5.86. The fraction of sp³-hybridized carbons (Fsp3) is 0.333. The Bertz CT molecular complexity index is 627. The van der Waals surface area contributed by atoms with E-state index in [4.69, 9.17) is 16.7 Å². The maximum atomic E-state index is 11.8. The standard InChI is InChI=1S/C12H16ClN3O3S/c1-8(2)5-6-15-16-12(17)9-3-4-10(13)11(7-9)20(14,18)19/h3-4,6-8H,5H2,1-2H3,(H,16,17)(H2,14,18,19)/b15-6+. The first-order valence-corrected chi connectivity index (χ1v) is 7.78. The van der Waals surface area contributed by atoms with E-state index in [0.29, 0.717) is 5.92 Å². The molecule has 0 aromatic heterocycles. The third-order valence-corrected chi connectivity index (χ3v) is 3.73. The van der Waals surface area contributed by atoms with Gasteiger partial charge in [0.05, 0.1) is 5.02 Å². The van der Waals surface area contributed by atoms with Crippen LogP contribution in [0.25, 0.3) is 0 Å². The molecule has 8 heteroatoms. The second-order valence-corrected chi connectivity index (χ2v) is 6.51. The quantitative estimate of drug-likeness (QED) is 0.639. The molecule has 0 aliphatic rings. The van der Waals surface area contributed by atoms with Gasteiger partial charge in [-0.2, -0.15) is 5.10 Å². The highest BCUT2D eigenvalue weighted by molar-refractivity contribution is 7.89. The topological polar surface area (TPSA) is 102 Å². The van der Waals surface area contributed by atoms with Crippen LogP contribution in [-0.2, 0) is 10.0 Å². The van der Waals surface area contributed by atoms with Crippen LogP contribution < -0.4 is 10.6 Å². The molecule has 0 spiro atoms. The van der Waals surface area contributed by atoms with Gasteiger partial charge in [-0.05, 0) is 30.5 Å². The molecule has 3 N–H and O–H groups in total. The summed E-state index contributed by atoms with van der Waals surface area (Å²) in [5, 5.41) is 8.74. The second-order valence-electron chi connectivity index (χ2n) is 4.57. The van der Waals surface area contributed by atoms with Crippen LogP contribution in [0, 0.1) is 5.92 Å². The molecule has 0 radical (unpaired) electrons. The Balaban J connectivity index is 2.87. The average molecular weight is 318 g/mol. The van der Waals surface area contributed by atoms with Crippen molar-refractivity contribution in [2.24, 2.45) is 16.2 Å². The van der Waals surface area contributed by atoms with Crippen molar-refractivity contribution in [3.8, 4) is 0 Å². The summed E-state index contributed by atoms with van der Waals surface area (Å²) in [6.45, 7) is 4.04. The molecule has 0 heterocycles. The lowest BCUT2D eigenvalue weighted by Gasteiger charge is -2.05. The van der Waals surface area contributed by atoms with Crippen LogP contribution >= 0.6 is 11.6 Å². The van der Waals surface area contributed by atoms with E-state index in [1.54, 1.807) is 6.21 Å². The van der Waals surface area contributed by atoms with Crippen molar-refractivity contribution in [1.29, 1.82) is 0 Å². The van der Waals surface area contributed by atoms with Crippen molar-refractivity contribution in [2.45, 2.75) is 25.2 Å². The van der Waals surface area contributed by atoms with Gasteiger partial charge in [-0.15, -0.1) is 0 Å². The maximum absolute atomic E-state index is 11.8. The number of amides is 1. The minimum Gasteiger partial charge on any atom is -0.267 e. The third-order valence-electron chi connectivity index (χ3n) is 2.33. The molecule has 0 bridgehead atoms. The normalized spacial score (nSPS) is 12.1. The van der Waals surface area contributed by atoms with E-state index in [1.807, 2.05) is 13.8 Å². The van der Waals surface area contributed by atoms with Gasteiger partial charge in [0.1, 0.15) is 4.90 Å². The Kier molecular flexibility index (Phi) is 5.67. The van der Waals surface area contributed by atoms with Crippen LogP contribution in [0.2, 0.25) is 5.02 Å². The van der Waals surface area contributed by atoms with Crippen molar-refractivity contribution in [3.63, 3.8) is 0 Å². The molecule has 0 saturated carbocycles. The number of nitrogens with one attached hydrogen (secondary N) is 1. The summed E-state index contributed by atoms with van der Waals surface area (Å²) in [5.74, 6) is -0.105. The number of nitrogens with zero attached hydrogens (tertiary/aromatic N) is 1. The van der Waals surface area contributed by atoms with Crippen LogP contribution in [0.5, 0.6) is 0 Å². The maximum Gasteiger partial charge on any atom is 0.271 e. The lowest BCUT2D eigenvalue weighted by molar-refractivity contribution is 0.0955. The largest absolute Gasteiger partial charge is 0.271 e. The molecule has 1 aromatic carbocycles. The molecule has 0 saturated heterocycles. The smallest absolute Gasteiger partial charge is 0.267 e. The van der Waals surface area contributed by atoms with E-state index < -0.39 is 15.9 Å². The summed E-state index contributed by atoms with van der Waals surface area (Å²) in [7, 11) is -3.98. The number of halogens is 1. The summed E-state index contributed by atoms with van der Waals surface area (Å²) in [6.07, 6.45) is 2.31. The molecule has 1 rings (SSSR count). The lowest BCUT2D eigenvalue weighted by Crippen LogP contribution is -2.19. The number of sulfonamides is 1. The van der Waals surface area contributed by atoms with Gasteiger partial charge >= 0.3 is 0 Å². The van der Waals surface area contributed by atoms with Gasteiger partial charge in [0.2, 0.25) is 10.0 Å². The number of hydrogen-bond donors (Lipinski definition) is 2. The van der Waals surface area contributed by atoms with Crippen molar-refractivity contribution in [1.82, 2.24) is 5.43 Å². The fourth-order valence-corrected chi connectivity index (χ4v) is 2.37. The summed E-state index contributed by atoms with van der Waals surface area (Å²) in [4.78, 5) is 11.5. The van der Waals surface area contributed by atoms with Crippen LogP contribution in [0.15, 0.2) is 28.2 Å². The van der Waals surface area contributed by atoms with E-state index in [0.717, 1.165) is 12.5 Å². The van der Waals surface area contributed by atoms with E-state index in [-0.39, 0.29) is 15.5 Å². The summed E-state index contributed by atoms with van der Waals surface area (Å²) in [6, 6.07) is 3.81. The van der Waals surface area contributed by atoms with Crippen LogP contribution in [0.4, 0.5) is 0 Å². The Morgan fingerprint density at radius 1 is 1.50 bits per heavy atom. The molecule has 1 amide bonds. The molecular formula is C12H16ClN3O3S. The van der Waals surface area contributed by atoms with Crippen LogP contribution in [0.1, 0.15) is 30.6 Å². The number of carbonyl (C=O) groups excluding carboxylic acids is 1. The molecule has 110 valence electrons. The Hall–Kier alpha value is -1.44. The van der Waals surface area contributed by atoms with Crippen LogP contribution in [-0.4, -0.2) is 20.5 Å². The number of hydrazone groups is 1. The Labute approximate surface area is 123 Å². The van der Waals surface area contributed by atoms with Gasteiger partial charge in [-0.3, -0.25) is 4.79 Å². The van der Waals surface area contributed by atoms with Gasteiger partial charge in [-0.1, -0.05) is 25.4 Å². The zero-order valence-electron chi connectivity index (χ0n) is 11.1. The molecule has 0 aliphatic heterocycles. The molecular weight excluding hydrogens is 302 g/mol. The molecule has 0 atom stereocenters. The molecule has 0 aliphatic carbocycles.